The average molecular weight is 398 g/mol. The van der Waals surface area contributed by atoms with Gasteiger partial charge in [-0.05, 0) is 37.1 Å². The van der Waals surface area contributed by atoms with Gasteiger partial charge in [-0.15, -0.1) is 0 Å². The summed E-state index contributed by atoms with van der Waals surface area (Å²) in [6, 6.07) is 12.1. The largest absolute Gasteiger partial charge is 0.469 e. The quantitative estimate of drug-likeness (QED) is 0.690. The first-order valence-corrected chi connectivity index (χ1v) is 9.29. The molecule has 1 amide bonds. The molecule has 2 heterocycles. The predicted octanol–water partition coefficient (Wildman–Crippen LogP) is 2.44. The molecule has 1 fully saturated rings. The molecule has 0 unspecified atom stereocenters. The van der Waals surface area contributed by atoms with Gasteiger partial charge < -0.3 is 19.1 Å². The van der Waals surface area contributed by atoms with E-state index in [9.17, 15) is 14.4 Å². The van der Waals surface area contributed by atoms with Gasteiger partial charge in [-0.2, -0.15) is 0 Å². The molecule has 0 spiro atoms. The van der Waals surface area contributed by atoms with Gasteiger partial charge >= 0.3 is 11.9 Å². The second-order valence-electron chi connectivity index (χ2n) is 6.53. The number of para-hydroxylation sites is 1. The molecule has 8 heteroatoms. The Hall–Kier alpha value is -3.42. The Balaban J connectivity index is 1.55. The maximum absolute atomic E-state index is 12.4. The highest BCUT2D eigenvalue weighted by Crippen LogP contribution is 2.23. The first-order valence-electron chi connectivity index (χ1n) is 9.29. The lowest BCUT2D eigenvalue weighted by Crippen LogP contribution is -2.42. The Morgan fingerprint density at radius 1 is 1.07 bits per heavy atom. The van der Waals surface area contributed by atoms with Gasteiger partial charge in [-0.25, -0.2) is 9.78 Å². The smallest absolute Gasteiger partial charge is 0.344 e. The van der Waals surface area contributed by atoms with Crippen LogP contribution in [0.2, 0.25) is 0 Å². The van der Waals surface area contributed by atoms with E-state index in [2.05, 4.69) is 4.98 Å². The molecule has 1 aromatic heterocycles. The van der Waals surface area contributed by atoms with Gasteiger partial charge in [0.05, 0.1) is 13.0 Å². The van der Waals surface area contributed by atoms with Gasteiger partial charge in [-0.1, -0.05) is 18.2 Å². The number of amides is 1. The van der Waals surface area contributed by atoms with Crippen LogP contribution in [0.4, 0.5) is 0 Å². The molecule has 1 aliphatic rings. The molecule has 152 valence electrons. The van der Waals surface area contributed by atoms with E-state index in [1.54, 1.807) is 35.2 Å². The third-order valence-corrected chi connectivity index (χ3v) is 4.66. The number of methoxy groups -OCH3 is 1. The van der Waals surface area contributed by atoms with Gasteiger partial charge in [0.15, 0.2) is 6.61 Å². The van der Waals surface area contributed by atoms with E-state index in [0.29, 0.717) is 31.7 Å². The number of benzene rings is 1. The van der Waals surface area contributed by atoms with Crippen molar-refractivity contribution in [3.63, 3.8) is 0 Å². The summed E-state index contributed by atoms with van der Waals surface area (Å²) in [5, 5.41) is 0. The van der Waals surface area contributed by atoms with Crippen molar-refractivity contribution in [2.24, 2.45) is 5.92 Å². The van der Waals surface area contributed by atoms with E-state index in [1.807, 2.05) is 6.07 Å². The summed E-state index contributed by atoms with van der Waals surface area (Å²) < 4.78 is 15.6. The van der Waals surface area contributed by atoms with E-state index in [0.717, 1.165) is 0 Å². The normalized spacial score (nSPS) is 14.2. The fourth-order valence-corrected chi connectivity index (χ4v) is 3.06. The third-order valence-electron chi connectivity index (χ3n) is 4.66. The number of carbonyl (C=O) groups excluding carboxylic acids is 3. The number of rotatable bonds is 6. The molecule has 8 nitrogen and oxygen atoms in total. The van der Waals surface area contributed by atoms with Crippen molar-refractivity contribution in [2.45, 2.75) is 12.8 Å². The number of likely N-dealkylation sites (tertiary alicyclic amines) is 1. The lowest BCUT2D eigenvalue weighted by molar-refractivity contribution is -0.149. The lowest BCUT2D eigenvalue weighted by atomic mass is 9.97. The van der Waals surface area contributed by atoms with Crippen molar-refractivity contribution in [1.82, 2.24) is 9.88 Å². The topological polar surface area (TPSA) is 95.0 Å². The molecule has 0 N–H and O–H groups in total. The maximum atomic E-state index is 12.4. The van der Waals surface area contributed by atoms with Crippen LogP contribution in [0.15, 0.2) is 48.7 Å². The molecule has 0 saturated carbocycles. The number of hydrogen-bond acceptors (Lipinski definition) is 7. The van der Waals surface area contributed by atoms with Crippen molar-refractivity contribution in [3.05, 3.63) is 54.2 Å². The van der Waals surface area contributed by atoms with Crippen molar-refractivity contribution in [3.8, 4) is 11.6 Å². The number of carbonyl (C=O) groups is 3. The minimum absolute atomic E-state index is 0.107. The zero-order chi connectivity index (χ0) is 20.6. The fourth-order valence-electron chi connectivity index (χ4n) is 3.06. The second-order valence-corrected chi connectivity index (χ2v) is 6.53. The highest BCUT2D eigenvalue weighted by molar-refractivity contribution is 5.93. The van der Waals surface area contributed by atoms with Crippen molar-refractivity contribution < 1.29 is 28.6 Å². The predicted molar refractivity (Wildman–Crippen MR) is 102 cm³/mol. The fraction of sp³-hybridized carbons (Fsp3) is 0.333. The number of hydrogen-bond donors (Lipinski definition) is 0. The van der Waals surface area contributed by atoms with E-state index >= 15 is 0 Å². The van der Waals surface area contributed by atoms with Crippen molar-refractivity contribution in [1.29, 1.82) is 0 Å². The van der Waals surface area contributed by atoms with E-state index in [-0.39, 0.29) is 35.8 Å². The minimum atomic E-state index is -0.693. The van der Waals surface area contributed by atoms with E-state index in [1.165, 1.54) is 19.4 Å². The summed E-state index contributed by atoms with van der Waals surface area (Å²) in [5.74, 6) is -0.816. The van der Waals surface area contributed by atoms with E-state index in [4.69, 9.17) is 14.2 Å². The molecule has 2 aromatic rings. The molecule has 0 atom stereocenters. The highest BCUT2D eigenvalue weighted by atomic mass is 16.5. The van der Waals surface area contributed by atoms with Crippen LogP contribution < -0.4 is 4.74 Å². The van der Waals surface area contributed by atoms with Gasteiger partial charge in [-0.3, -0.25) is 9.59 Å². The Morgan fingerprint density at radius 2 is 1.79 bits per heavy atom. The van der Waals surface area contributed by atoms with E-state index < -0.39 is 5.97 Å². The van der Waals surface area contributed by atoms with Crippen LogP contribution >= 0.6 is 0 Å². The summed E-state index contributed by atoms with van der Waals surface area (Å²) in [6.07, 6.45) is 2.57. The summed E-state index contributed by atoms with van der Waals surface area (Å²) in [7, 11) is 1.35. The zero-order valence-electron chi connectivity index (χ0n) is 16.1. The number of nitrogens with zero attached hydrogens (tertiary/aromatic N) is 2. The Morgan fingerprint density at radius 3 is 2.48 bits per heavy atom. The van der Waals surface area contributed by atoms with Crippen LogP contribution in [0, 0.1) is 5.92 Å². The Labute approximate surface area is 168 Å². The molecular weight excluding hydrogens is 376 g/mol. The van der Waals surface area contributed by atoms with Gasteiger partial charge in [0, 0.05) is 19.3 Å². The van der Waals surface area contributed by atoms with Gasteiger partial charge in [0.25, 0.3) is 5.91 Å². The number of pyridine rings is 1. The number of esters is 2. The SMILES string of the molecule is COC(=O)C1CCN(C(=O)COC(=O)c2cccnc2Oc2ccccc2)CC1. The lowest BCUT2D eigenvalue weighted by Gasteiger charge is -2.30. The highest BCUT2D eigenvalue weighted by Gasteiger charge is 2.28. The van der Waals surface area contributed by atoms with Crippen LogP contribution in [-0.2, 0) is 19.1 Å². The van der Waals surface area contributed by atoms with Crippen LogP contribution in [0.5, 0.6) is 11.6 Å². The summed E-state index contributed by atoms with van der Waals surface area (Å²) in [5.41, 5.74) is 0.133. The summed E-state index contributed by atoms with van der Waals surface area (Å²) >= 11 is 0. The first-order chi connectivity index (χ1) is 14.1. The number of ether oxygens (including phenoxy) is 3. The van der Waals surface area contributed by atoms with Gasteiger partial charge in [0.1, 0.15) is 11.3 Å². The molecule has 29 heavy (non-hydrogen) atoms. The molecule has 0 bridgehead atoms. The standard InChI is InChI=1S/C21H22N2O6/c1-27-20(25)15-9-12-23(13-10-15)18(24)14-28-21(26)17-8-5-11-22-19(17)29-16-6-3-2-4-7-16/h2-8,11,15H,9-10,12-14H2,1H3. The minimum Gasteiger partial charge on any atom is -0.469 e. The molecule has 0 radical (unpaired) electrons. The van der Waals surface area contributed by atoms with Crippen LogP contribution in [0.3, 0.4) is 0 Å². The first kappa shape index (κ1) is 20.3. The van der Waals surface area contributed by atoms with Crippen LogP contribution in [0.1, 0.15) is 23.2 Å². The molecule has 1 aliphatic heterocycles. The monoisotopic (exact) mass is 398 g/mol. The van der Waals surface area contributed by atoms with Gasteiger partial charge in [0.2, 0.25) is 5.88 Å². The van der Waals surface area contributed by atoms with Crippen molar-refractivity contribution in [2.75, 3.05) is 26.8 Å². The zero-order valence-corrected chi connectivity index (χ0v) is 16.1. The van der Waals surface area contributed by atoms with Crippen molar-refractivity contribution >= 4 is 17.8 Å². The summed E-state index contributed by atoms with van der Waals surface area (Å²) in [6.45, 7) is 0.457. The molecule has 1 saturated heterocycles. The van der Waals surface area contributed by atoms with Crippen LogP contribution in [-0.4, -0.2) is 54.5 Å². The number of piperidine rings is 1. The molecule has 0 aliphatic carbocycles. The Kier molecular flexibility index (Phi) is 6.78. The van der Waals surface area contributed by atoms with Crippen LogP contribution in [0.25, 0.3) is 0 Å². The molecule has 1 aromatic carbocycles. The number of aromatic nitrogens is 1. The maximum Gasteiger partial charge on any atom is 0.344 e. The average Bonchev–Trinajstić information content (AvgIpc) is 2.78. The Bertz CT molecular complexity index is 862. The summed E-state index contributed by atoms with van der Waals surface area (Å²) in [4.78, 5) is 42.0. The third kappa shape index (κ3) is 5.31. The second kappa shape index (κ2) is 9.68. The molecular formula is C21H22N2O6. The molecule has 3 rings (SSSR count).